The quantitative estimate of drug-likeness (QED) is 0.412. The summed E-state index contributed by atoms with van der Waals surface area (Å²) in [4.78, 5) is 18.1. The Morgan fingerprint density at radius 2 is 1.89 bits per heavy atom. The molecule has 1 N–H and O–H groups in total. The van der Waals surface area contributed by atoms with Crippen molar-refractivity contribution in [2.24, 2.45) is 5.10 Å². The number of thiophene rings is 1. The molecule has 0 aliphatic rings. The van der Waals surface area contributed by atoms with E-state index < -0.39 is 0 Å². The van der Waals surface area contributed by atoms with Gasteiger partial charge in [-0.25, -0.2) is 10.4 Å². The van der Waals surface area contributed by atoms with Crippen LogP contribution in [0, 0.1) is 0 Å². The highest BCUT2D eigenvalue weighted by Crippen LogP contribution is 2.18. The smallest absolute Gasteiger partial charge is 0.260 e. The highest BCUT2D eigenvalue weighted by Gasteiger charge is 2.13. The number of para-hydroxylation sites is 2. The van der Waals surface area contributed by atoms with E-state index in [1.54, 1.807) is 17.6 Å². The molecule has 4 aromatic rings. The van der Waals surface area contributed by atoms with Crippen LogP contribution in [0.2, 0.25) is 0 Å². The number of hydrogen-bond acceptors (Lipinski definition) is 4. The van der Waals surface area contributed by atoms with E-state index in [-0.39, 0.29) is 12.5 Å². The summed E-state index contributed by atoms with van der Waals surface area (Å²) in [7, 11) is 0. The monoisotopic (exact) mass is 374 g/mol. The number of nitrogens with one attached hydrogen (secondary N) is 1. The Balaban J connectivity index is 1.56. The molecule has 1 amide bonds. The zero-order valence-electron chi connectivity index (χ0n) is 14.6. The lowest BCUT2D eigenvalue weighted by Crippen LogP contribution is -2.24. The van der Waals surface area contributed by atoms with Gasteiger partial charge in [0.15, 0.2) is 0 Å². The molecule has 0 saturated carbocycles. The predicted octanol–water partition coefficient (Wildman–Crippen LogP) is 3.84. The van der Waals surface area contributed by atoms with Gasteiger partial charge in [0.05, 0.1) is 17.2 Å². The van der Waals surface area contributed by atoms with Crippen LogP contribution in [-0.2, 0) is 17.8 Å². The zero-order valence-corrected chi connectivity index (χ0v) is 15.4. The van der Waals surface area contributed by atoms with E-state index in [1.165, 1.54) is 0 Å². The average molecular weight is 374 g/mol. The molecule has 0 unspecified atom stereocenters. The number of benzene rings is 2. The minimum absolute atomic E-state index is 0.171. The Morgan fingerprint density at radius 1 is 1.07 bits per heavy atom. The molecule has 0 atom stereocenters. The summed E-state index contributed by atoms with van der Waals surface area (Å²) in [6.45, 7) is 0.171. The van der Waals surface area contributed by atoms with E-state index in [4.69, 9.17) is 4.98 Å². The molecule has 2 aromatic carbocycles. The Hall–Kier alpha value is -3.25. The van der Waals surface area contributed by atoms with Crippen molar-refractivity contribution in [1.82, 2.24) is 15.0 Å². The highest BCUT2D eigenvalue weighted by atomic mass is 32.1. The van der Waals surface area contributed by atoms with Crippen molar-refractivity contribution in [3.63, 3.8) is 0 Å². The summed E-state index contributed by atoms with van der Waals surface area (Å²) in [5, 5.41) is 6.01. The van der Waals surface area contributed by atoms with Crippen molar-refractivity contribution in [2.45, 2.75) is 13.0 Å². The number of hydrogen-bond donors (Lipinski definition) is 1. The Labute approximate surface area is 161 Å². The summed E-state index contributed by atoms with van der Waals surface area (Å²) in [5.41, 5.74) is 5.59. The summed E-state index contributed by atoms with van der Waals surface area (Å²) >= 11 is 1.57. The van der Waals surface area contributed by atoms with Gasteiger partial charge >= 0.3 is 0 Å². The number of amides is 1. The number of imidazole rings is 1. The number of carbonyl (C=O) groups excluding carboxylic acids is 1. The third-order valence-corrected chi connectivity index (χ3v) is 4.97. The van der Waals surface area contributed by atoms with Crippen LogP contribution < -0.4 is 5.43 Å². The van der Waals surface area contributed by atoms with Gasteiger partial charge in [0, 0.05) is 11.3 Å². The average Bonchev–Trinajstić information content (AvgIpc) is 3.31. The minimum Gasteiger partial charge on any atom is -0.318 e. The number of nitrogens with zero attached hydrogens (tertiary/aromatic N) is 3. The molecule has 2 aromatic heterocycles. The lowest BCUT2D eigenvalue weighted by molar-refractivity contribution is -0.121. The van der Waals surface area contributed by atoms with E-state index >= 15 is 0 Å². The van der Waals surface area contributed by atoms with Crippen LogP contribution in [0.5, 0.6) is 0 Å². The Kier molecular flexibility index (Phi) is 5.07. The van der Waals surface area contributed by atoms with Gasteiger partial charge in [-0.2, -0.15) is 5.10 Å². The van der Waals surface area contributed by atoms with Gasteiger partial charge in [-0.1, -0.05) is 48.5 Å². The summed E-state index contributed by atoms with van der Waals surface area (Å²) < 4.78 is 1.96. The van der Waals surface area contributed by atoms with E-state index in [0.29, 0.717) is 6.42 Å². The molecule has 27 heavy (non-hydrogen) atoms. The number of fused-ring (bicyclic) bond motifs is 1. The first-order chi connectivity index (χ1) is 13.3. The van der Waals surface area contributed by atoms with Crippen LogP contribution >= 0.6 is 11.3 Å². The van der Waals surface area contributed by atoms with E-state index in [1.807, 2.05) is 64.5 Å². The molecule has 0 spiro atoms. The number of rotatable bonds is 6. The fourth-order valence-corrected chi connectivity index (χ4v) is 3.51. The first kappa shape index (κ1) is 17.2. The second kappa shape index (κ2) is 7.97. The minimum atomic E-state index is -0.180. The van der Waals surface area contributed by atoms with E-state index in [2.05, 4.69) is 22.7 Å². The first-order valence-electron chi connectivity index (χ1n) is 8.63. The number of hydrazone groups is 1. The zero-order chi connectivity index (χ0) is 18.5. The van der Waals surface area contributed by atoms with Crippen LogP contribution in [0.25, 0.3) is 11.0 Å². The lowest BCUT2D eigenvalue weighted by Gasteiger charge is -2.08. The maximum atomic E-state index is 12.4. The summed E-state index contributed by atoms with van der Waals surface area (Å²) in [6.07, 6.45) is 2.32. The third kappa shape index (κ3) is 4.12. The van der Waals surface area contributed by atoms with Crippen molar-refractivity contribution >= 4 is 34.5 Å². The molecule has 0 radical (unpaired) electrons. The standard InChI is InChI=1S/C21H18N4OS/c26-21(24-22-14-17-9-6-12-27-17)15-25-19-11-5-4-10-18(19)23-20(25)13-16-7-2-1-3-8-16/h1-12,14H,13,15H2,(H,24,26). The Morgan fingerprint density at radius 3 is 2.70 bits per heavy atom. The predicted molar refractivity (Wildman–Crippen MR) is 109 cm³/mol. The van der Waals surface area contributed by atoms with Crippen LogP contribution in [0.15, 0.2) is 77.2 Å². The molecule has 4 rings (SSSR count). The van der Waals surface area contributed by atoms with Crippen molar-refractivity contribution in [3.8, 4) is 0 Å². The molecule has 2 heterocycles. The van der Waals surface area contributed by atoms with Gasteiger partial charge in [-0.05, 0) is 29.1 Å². The number of aromatic nitrogens is 2. The molecule has 0 fully saturated rings. The van der Waals surface area contributed by atoms with Gasteiger partial charge in [-0.3, -0.25) is 4.79 Å². The second-order valence-corrected chi connectivity index (χ2v) is 7.05. The summed E-state index contributed by atoms with van der Waals surface area (Å²) in [5.74, 6) is 0.681. The van der Waals surface area contributed by atoms with Gasteiger partial charge in [0.25, 0.3) is 5.91 Å². The van der Waals surface area contributed by atoms with E-state index in [0.717, 1.165) is 27.3 Å². The second-order valence-electron chi connectivity index (χ2n) is 6.07. The van der Waals surface area contributed by atoms with Crippen LogP contribution in [0.1, 0.15) is 16.3 Å². The molecule has 0 aliphatic carbocycles. The molecular formula is C21H18N4OS. The normalized spacial score (nSPS) is 11.3. The van der Waals surface area contributed by atoms with Crippen molar-refractivity contribution < 1.29 is 4.79 Å². The fourth-order valence-electron chi connectivity index (χ4n) is 2.93. The van der Waals surface area contributed by atoms with Gasteiger partial charge in [-0.15, -0.1) is 11.3 Å². The van der Waals surface area contributed by atoms with E-state index in [9.17, 15) is 4.79 Å². The molecular weight excluding hydrogens is 356 g/mol. The SMILES string of the molecule is O=C(Cn1c(Cc2ccccc2)nc2ccccc21)NN=Cc1cccs1. The molecule has 0 saturated heterocycles. The van der Waals surface area contributed by atoms with Crippen LogP contribution in [-0.4, -0.2) is 21.7 Å². The van der Waals surface area contributed by atoms with Crippen LogP contribution in [0.3, 0.4) is 0 Å². The molecule has 134 valence electrons. The Bertz CT molecular complexity index is 1070. The maximum Gasteiger partial charge on any atom is 0.260 e. The maximum absolute atomic E-state index is 12.4. The van der Waals surface area contributed by atoms with Gasteiger partial charge in [0.1, 0.15) is 12.4 Å². The van der Waals surface area contributed by atoms with Crippen molar-refractivity contribution in [2.75, 3.05) is 0 Å². The summed E-state index contributed by atoms with van der Waals surface area (Å²) in [6, 6.07) is 21.9. The van der Waals surface area contributed by atoms with Gasteiger partial charge < -0.3 is 4.57 Å². The van der Waals surface area contributed by atoms with Crippen LogP contribution in [0.4, 0.5) is 0 Å². The third-order valence-electron chi connectivity index (χ3n) is 4.16. The fraction of sp³-hybridized carbons (Fsp3) is 0.0952. The van der Waals surface area contributed by atoms with Gasteiger partial charge in [0.2, 0.25) is 0 Å². The molecule has 0 bridgehead atoms. The molecule has 5 nitrogen and oxygen atoms in total. The first-order valence-corrected chi connectivity index (χ1v) is 9.51. The van der Waals surface area contributed by atoms with Crippen molar-refractivity contribution in [1.29, 1.82) is 0 Å². The van der Waals surface area contributed by atoms with Crippen molar-refractivity contribution in [3.05, 3.63) is 88.4 Å². The largest absolute Gasteiger partial charge is 0.318 e. The number of carbonyl (C=O) groups is 1. The topological polar surface area (TPSA) is 59.3 Å². The lowest BCUT2D eigenvalue weighted by atomic mass is 10.1. The molecule has 6 heteroatoms. The molecule has 0 aliphatic heterocycles. The highest BCUT2D eigenvalue weighted by molar-refractivity contribution is 7.11.